The number of carbonyl (C=O) groups excluding carboxylic acids is 3. The van der Waals surface area contributed by atoms with Crippen LogP contribution in [0.1, 0.15) is 175 Å². The van der Waals surface area contributed by atoms with Gasteiger partial charge in [0.1, 0.15) is 13.2 Å². The maximum atomic E-state index is 12.7. The van der Waals surface area contributed by atoms with E-state index in [1.165, 1.54) is 38.5 Å². The molecule has 1 unspecified atom stereocenters. The zero-order valence-corrected chi connectivity index (χ0v) is 39.8. The number of ether oxygens (including phenoxy) is 3. The first kappa shape index (κ1) is 58.3. The van der Waals surface area contributed by atoms with Gasteiger partial charge in [-0.3, -0.25) is 14.4 Å². The van der Waals surface area contributed by atoms with Crippen LogP contribution in [0, 0.1) is 0 Å². The second-order valence-electron chi connectivity index (χ2n) is 15.4. The van der Waals surface area contributed by atoms with Crippen LogP contribution in [0.4, 0.5) is 0 Å². The first-order valence-corrected chi connectivity index (χ1v) is 24.4. The van der Waals surface area contributed by atoms with Crippen LogP contribution >= 0.6 is 0 Å². The zero-order chi connectivity index (χ0) is 45.8. The number of allylic oxidation sites excluding steroid dienone is 24. The van der Waals surface area contributed by atoms with E-state index < -0.39 is 12.1 Å². The maximum absolute atomic E-state index is 12.7. The van der Waals surface area contributed by atoms with Crippen molar-refractivity contribution < 1.29 is 28.6 Å². The molecule has 0 radical (unpaired) electrons. The highest BCUT2D eigenvalue weighted by Crippen LogP contribution is 2.10. The van der Waals surface area contributed by atoms with Gasteiger partial charge < -0.3 is 14.2 Å². The quantitative estimate of drug-likeness (QED) is 0.0200. The molecule has 6 heteroatoms. The van der Waals surface area contributed by atoms with E-state index in [2.05, 4.69) is 99.8 Å². The Hall–Kier alpha value is -4.71. The van der Waals surface area contributed by atoms with Crippen molar-refractivity contribution in [2.45, 2.75) is 181 Å². The zero-order valence-electron chi connectivity index (χ0n) is 39.8. The van der Waals surface area contributed by atoms with Crippen LogP contribution in [-0.2, 0) is 28.6 Å². The summed E-state index contributed by atoms with van der Waals surface area (Å²) in [5, 5.41) is 0. The van der Waals surface area contributed by atoms with Crippen LogP contribution < -0.4 is 0 Å². The highest BCUT2D eigenvalue weighted by molar-refractivity contribution is 5.71. The van der Waals surface area contributed by atoms with Crippen molar-refractivity contribution in [3.8, 4) is 0 Å². The molecule has 0 rings (SSSR count). The van der Waals surface area contributed by atoms with Gasteiger partial charge in [-0.2, -0.15) is 0 Å². The molecular formula is C57H86O6. The molecule has 6 nitrogen and oxygen atoms in total. The minimum absolute atomic E-state index is 0.144. The van der Waals surface area contributed by atoms with Gasteiger partial charge >= 0.3 is 17.9 Å². The second-order valence-corrected chi connectivity index (χ2v) is 15.4. The summed E-state index contributed by atoms with van der Waals surface area (Å²) in [5.74, 6) is -1.14. The topological polar surface area (TPSA) is 78.9 Å². The van der Waals surface area contributed by atoms with Crippen molar-refractivity contribution in [1.29, 1.82) is 0 Å². The summed E-state index contributed by atoms with van der Waals surface area (Å²) in [7, 11) is 0. The Kier molecular flexibility index (Phi) is 46.2. The van der Waals surface area contributed by atoms with Gasteiger partial charge in [-0.25, -0.2) is 0 Å². The van der Waals surface area contributed by atoms with Crippen LogP contribution in [0.15, 0.2) is 146 Å². The first-order valence-electron chi connectivity index (χ1n) is 24.4. The molecule has 0 aromatic rings. The molecule has 63 heavy (non-hydrogen) atoms. The van der Waals surface area contributed by atoms with Gasteiger partial charge in [0, 0.05) is 19.3 Å². The molecule has 0 spiro atoms. The monoisotopic (exact) mass is 867 g/mol. The molecule has 0 bridgehead atoms. The van der Waals surface area contributed by atoms with Crippen LogP contribution in [0.2, 0.25) is 0 Å². The van der Waals surface area contributed by atoms with E-state index in [9.17, 15) is 14.4 Å². The summed E-state index contributed by atoms with van der Waals surface area (Å²) in [6.45, 7) is 6.19. The van der Waals surface area contributed by atoms with E-state index >= 15 is 0 Å². The highest BCUT2D eigenvalue weighted by atomic mass is 16.6. The molecular weight excluding hydrogens is 781 g/mol. The minimum Gasteiger partial charge on any atom is -0.462 e. The van der Waals surface area contributed by atoms with Crippen molar-refractivity contribution in [2.75, 3.05) is 13.2 Å². The molecule has 0 aromatic carbocycles. The molecule has 0 fully saturated rings. The van der Waals surface area contributed by atoms with Gasteiger partial charge in [0.25, 0.3) is 0 Å². The van der Waals surface area contributed by atoms with Gasteiger partial charge in [-0.15, -0.1) is 0 Å². The average molecular weight is 867 g/mol. The van der Waals surface area contributed by atoms with E-state index in [1.54, 1.807) is 0 Å². The van der Waals surface area contributed by atoms with Crippen LogP contribution in [-0.4, -0.2) is 37.2 Å². The lowest BCUT2D eigenvalue weighted by molar-refractivity contribution is -0.166. The Morgan fingerprint density at radius 3 is 1.29 bits per heavy atom. The van der Waals surface area contributed by atoms with Gasteiger partial charge in [-0.05, 0) is 96.3 Å². The molecule has 0 N–H and O–H groups in total. The number of rotatable bonds is 41. The lowest BCUT2D eigenvalue weighted by Crippen LogP contribution is -2.30. The van der Waals surface area contributed by atoms with Crippen molar-refractivity contribution in [2.24, 2.45) is 0 Å². The number of hydrogen-bond donors (Lipinski definition) is 0. The predicted octanol–water partition coefficient (Wildman–Crippen LogP) is 16.1. The SMILES string of the molecule is CC\C=C/C=C\C=C/C=C\C=C/CCCC(=O)OC(COC(=O)CC/C=C\C/C=C\C/C=C\C/C=C\C/C=C\C/C=C\CC)COC(=O)CCCCC/C=C\CCCCCCCC. The summed E-state index contributed by atoms with van der Waals surface area (Å²) >= 11 is 0. The fraction of sp³-hybridized carbons (Fsp3) is 0.526. The molecule has 1 atom stereocenters. The summed E-state index contributed by atoms with van der Waals surface area (Å²) in [5.41, 5.74) is 0. The van der Waals surface area contributed by atoms with Gasteiger partial charge in [-0.1, -0.05) is 205 Å². The van der Waals surface area contributed by atoms with E-state index in [0.717, 1.165) is 77.0 Å². The Balaban J connectivity index is 4.64. The summed E-state index contributed by atoms with van der Waals surface area (Å²) < 4.78 is 16.6. The fourth-order valence-electron chi connectivity index (χ4n) is 5.84. The van der Waals surface area contributed by atoms with Crippen molar-refractivity contribution in [3.05, 3.63) is 146 Å². The van der Waals surface area contributed by atoms with Gasteiger partial charge in [0.05, 0.1) is 0 Å². The van der Waals surface area contributed by atoms with E-state index in [-0.39, 0.29) is 38.0 Å². The average Bonchev–Trinajstić information content (AvgIpc) is 3.28. The van der Waals surface area contributed by atoms with Crippen LogP contribution in [0.25, 0.3) is 0 Å². The number of esters is 3. The number of unbranched alkanes of at least 4 members (excludes halogenated alkanes) is 10. The third kappa shape index (κ3) is 48.2. The third-order valence-corrected chi connectivity index (χ3v) is 9.45. The fourth-order valence-corrected chi connectivity index (χ4v) is 5.84. The summed E-state index contributed by atoms with van der Waals surface area (Å²) in [4.78, 5) is 37.8. The molecule has 0 aliphatic carbocycles. The lowest BCUT2D eigenvalue weighted by Gasteiger charge is -2.18. The predicted molar refractivity (Wildman–Crippen MR) is 269 cm³/mol. The first-order chi connectivity index (χ1) is 31.0. The standard InChI is InChI=1S/C57H86O6/c1-4-7-10-13-16-19-22-25-26-27-28-29-30-33-35-38-41-44-47-50-56(59)62-53-54(63-57(60)51-48-45-42-39-36-32-24-21-18-15-12-9-6-3)52-61-55(58)49-46-43-40-37-34-31-23-20-17-14-11-8-5-2/h7,9-10,12,15-16,18-19,21,24-26,28-29,31-36,39,41-42,44,54H,4-6,8,11,13-14,17,20,22-23,27,30,37-38,40,43,45-53H2,1-3H3/b10-7-,12-9-,18-15-,19-16-,24-21-,26-25-,29-28-,34-31-,35-33-,36-32-,42-39-,44-41-. The smallest absolute Gasteiger partial charge is 0.306 e. The third-order valence-electron chi connectivity index (χ3n) is 9.45. The van der Waals surface area contributed by atoms with Crippen molar-refractivity contribution in [1.82, 2.24) is 0 Å². The van der Waals surface area contributed by atoms with E-state index in [0.29, 0.717) is 25.7 Å². The Morgan fingerprint density at radius 1 is 0.349 bits per heavy atom. The molecule has 0 saturated heterocycles. The summed E-state index contributed by atoms with van der Waals surface area (Å²) in [6.07, 6.45) is 71.4. The molecule has 0 saturated carbocycles. The number of hydrogen-bond acceptors (Lipinski definition) is 6. The molecule has 0 aromatic heterocycles. The number of carbonyl (C=O) groups is 3. The summed E-state index contributed by atoms with van der Waals surface area (Å²) in [6, 6.07) is 0. The van der Waals surface area contributed by atoms with Gasteiger partial charge in [0.15, 0.2) is 6.10 Å². The van der Waals surface area contributed by atoms with Crippen LogP contribution in [0.5, 0.6) is 0 Å². The van der Waals surface area contributed by atoms with Crippen molar-refractivity contribution >= 4 is 17.9 Å². The van der Waals surface area contributed by atoms with Gasteiger partial charge in [0.2, 0.25) is 0 Å². The molecule has 0 heterocycles. The Labute approximate surface area is 385 Å². The normalized spacial score (nSPS) is 13.4. The second kappa shape index (κ2) is 49.9. The van der Waals surface area contributed by atoms with E-state index in [4.69, 9.17) is 14.2 Å². The van der Waals surface area contributed by atoms with E-state index in [1.807, 2.05) is 66.8 Å². The molecule has 0 aliphatic heterocycles. The minimum atomic E-state index is -0.857. The Morgan fingerprint density at radius 2 is 0.746 bits per heavy atom. The highest BCUT2D eigenvalue weighted by Gasteiger charge is 2.19. The Bertz CT molecular complexity index is 1460. The maximum Gasteiger partial charge on any atom is 0.306 e. The van der Waals surface area contributed by atoms with Crippen LogP contribution in [0.3, 0.4) is 0 Å². The molecule has 350 valence electrons. The van der Waals surface area contributed by atoms with Crippen molar-refractivity contribution in [3.63, 3.8) is 0 Å². The largest absolute Gasteiger partial charge is 0.462 e. The molecule has 0 aliphatic rings. The molecule has 0 amide bonds. The lowest BCUT2D eigenvalue weighted by atomic mass is 10.1.